The lowest BCUT2D eigenvalue weighted by molar-refractivity contribution is -0.131. The van der Waals surface area contributed by atoms with E-state index in [2.05, 4.69) is 21.3 Å². The van der Waals surface area contributed by atoms with Gasteiger partial charge in [0.2, 0.25) is 11.8 Å². The highest BCUT2D eigenvalue weighted by atomic mass is 127. The zero-order valence-electron chi connectivity index (χ0n) is 21.4. The van der Waals surface area contributed by atoms with Crippen molar-refractivity contribution in [3.63, 3.8) is 0 Å². The van der Waals surface area contributed by atoms with Gasteiger partial charge in [0.05, 0.1) is 10.5 Å². The molecular weight excluding hydrogens is 565 g/mol. The maximum Gasteiger partial charge on any atom is 0.312 e. The number of benzene rings is 1. The molecule has 0 radical (unpaired) electrons. The Hall–Kier alpha value is -2.70. The number of Topliss-reactive ketones (excluding diaryl/α,β-unsaturated/α-hetero) is 1. The first-order valence-corrected chi connectivity index (χ1v) is 12.9. The largest absolute Gasteiger partial charge is 0.354 e. The minimum absolute atomic E-state index is 0.000848. The molecule has 0 saturated heterocycles. The van der Waals surface area contributed by atoms with Crippen LogP contribution in [0.4, 0.5) is 10.5 Å². The van der Waals surface area contributed by atoms with Crippen LogP contribution < -0.4 is 27.0 Å². The second-order valence-electron chi connectivity index (χ2n) is 8.66. The van der Waals surface area contributed by atoms with E-state index in [1.165, 1.54) is 0 Å². The number of primary amides is 1. The Labute approximate surface area is 221 Å². The van der Waals surface area contributed by atoms with E-state index in [9.17, 15) is 24.0 Å². The minimum atomic E-state index is -0.816. The van der Waals surface area contributed by atoms with Crippen LogP contribution in [0.2, 0.25) is 0 Å². The lowest BCUT2D eigenvalue weighted by Gasteiger charge is -2.24. The molecule has 11 heteroatoms. The first-order chi connectivity index (χ1) is 17.0. The number of halogens is 1. The molecule has 0 unspecified atom stereocenters. The molecule has 10 nitrogen and oxygen atoms in total. The third-order valence-electron chi connectivity index (χ3n) is 5.09. The van der Waals surface area contributed by atoms with Crippen LogP contribution in [0.5, 0.6) is 0 Å². The molecule has 194 valence electrons. The van der Waals surface area contributed by atoms with E-state index in [0.717, 1.165) is 0 Å². The summed E-state index contributed by atoms with van der Waals surface area (Å²) in [5, 5.41) is 10.7. The Kier molecular flexibility index (Phi) is 12.5. The van der Waals surface area contributed by atoms with Crippen LogP contribution in [-0.4, -0.2) is 52.6 Å². The zero-order chi connectivity index (χ0) is 27.3. The molecule has 0 bridgehead atoms. The Morgan fingerprint density at radius 3 is 2.26 bits per heavy atom. The fourth-order valence-electron chi connectivity index (χ4n) is 3.36. The number of hydrogen-bond donors (Lipinski definition) is 5. The topological polar surface area (TPSA) is 159 Å². The third kappa shape index (κ3) is 11.5. The minimum Gasteiger partial charge on any atom is -0.354 e. The molecule has 0 saturated carbocycles. The van der Waals surface area contributed by atoms with Crippen molar-refractivity contribution in [2.24, 2.45) is 17.6 Å². The van der Waals surface area contributed by atoms with Crippen molar-refractivity contribution < 1.29 is 25.3 Å². The molecule has 0 aliphatic carbocycles. The molecule has 1 aromatic rings. The van der Waals surface area contributed by atoms with E-state index in [1.54, 1.807) is 45.0 Å². The van der Waals surface area contributed by atoms with Crippen LogP contribution in [0.3, 0.4) is 0 Å². The van der Waals surface area contributed by atoms with Crippen molar-refractivity contribution in [2.45, 2.75) is 59.0 Å². The van der Waals surface area contributed by atoms with Crippen LogP contribution in [0, 0.1) is 11.8 Å². The summed E-state index contributed by atoms with van der Waals surface area (Å²) < 4.78 is 7.73. The smallest absolute Gasteiger partial charge is 0.312 e. The van der Waals surface area contributed by atoms with Crippen LogP contribution in [-0.2, 0) is 14.4 Å². The highest BCUT2D eigenvalue weighted by Gasteiger charge is 2.29. The van der Waals surface area contributed by atoms with Gasteiger partial charge < -0.3 is 27.0 Å². The molecule has 35 heavy (non-hydrogen) atoms. The van der Waals surface area contributed by atoms with Gasteiger partial charge in [-0.05, 0) is 56.8 Å². The number of carbonyl (C=O) groups excluding carboxylic acids is 5. The van der Waals surface area contributed by atoms with Crippen molar-refractivity contribution in [3.8, 4) is 0 Å². The highest BCUT2D eigenvalue weighted by Crippen LogP contribution is 2.17. The normalized spacial score (nSPS) is 13.7. The Morgan fingerprint density at radius 2 is 1.71 bits per heavy atom. The summed E-state index contributed by atoms with van der Waals surface area (Å²) >= 11 is 1.95. The SMILES string of the molecule is [2H]C[C@@H](C)NC(=O)[C@H](CCCNC(N)=O)CC(=O)[C@@H](NC(=O)c1ccc(NC(=O)CI)cc1)C(C)C. The zero-order valence-corrected chi connectivity index (χ0v) is 22.5. The number of nitrogens with one attached hydrogen (secondary N) is 4. The summed E-state index contributed by atoms with van der Waals surface area (Å²) in [7, 11) is 0. The highest BCUT2D eigenvalue weighted by molar-refractivity contribution is 14.1. The van der Waals surface area contributed by atoms with Gasteiger partial charge in [0.15, 0.2) is 5.78 Å². The number of ketones is 1. The first kappa shape index (κ1) is 28.5. The fourth-order valence-corrected chi connectivity index (χ4v) is 3.55. The van der Waals surface area contributed by atoms with Gasteiger partial charge in [-0.15, -0.1) is 0 Å². The summed E-state index contributed by atoms with van der Waals surface area (Å²) in [5.41, 5.74) is 5.97. The van der Waals surface area contributed by atoms with E-state index in [0.29, 0.717) is 28.5 Å². The van der Waals surface area contributed by atoms with Crippen molar-refractivity contribution in [3.05, 3.63) is 29.8 Å². The molecule has 0 aliphatic rings. The second kappa shape index (κ2) is 15.3. The van der Waals surface area contributed by atoms with Crippen LogP contribution in [0.1, 0.15) is 58.7 Å². The van der Waals surface area contributed by atoms with E-state index >= 15 is 0 Å². The Bertz CT molecular complexity index is 913. The maximum absolute atomic E-state index is 13.2. The number of hydrogen-bond acceptors (Lipinski definition) is 5. The summed E-state index contributed by atoms with van der Waals surface area (Å²) in [6.07, 6.45) is 0.659. The molecule has 5 amide bonds. The molecule has 3 atom stereocenters. The van der Waals surface area contributed by atoms with Crippen LogP contribution in [0.15, 0.2) is 24.3 Å². The summed E-state index contributed by atoms with van der Waals surface area (Å²) in [4.78, 5) is 61.2. The summed E-state index contributed by atoms with van der Waals surface area (Å²) in [5.74, 6) is -2.13. The van der Waals surface area contributed by atoms with Gasteiger partial charge in [0.1, 0.15) is 0 Å². The fraction of sp³-hybridized carbons (Fsp3) is 0.542. The van der Waals surface area contributed by atoms with E-state index in [-0.39, 0.29) is 49.4 Å². The van der Waals surface area contributed by atoms with Gasteiger partial charge in [-0.1, -0.05) is 36.4 Å². The van der Waals surface area contributed by atoms with Crippen molar-refractivity contribution in [1.29, 1.82) is 0 Å². The van der Waals surface area contributed by atoms with Gasteiger partial charge in [0, 0.05) is 37.5 Å². The Morgan fingerprint density at radius 1 is 1.06 bits per heavy atom. The molecule has 1 rings (SSSR count). The third-order valence-corrected chi connectivity index (χ3v) is 5.78. The van der Waals surface area contributed by atoms with Crippen LogP contribution >= 0.6 is 22.6 Å². The number of alkyl halides is 1. The van der Waals surface area contributed by atoms with Gasteiger partial charge in [-0.25, -0.2) is 4.79 Å². The Balaban J connectivity index is 2.90. The first-order valence-electron chi connectivity index (χ1n) is 12.1. The molecule has 0 spiro atoms. The predicted octanol–water partition coefficient (Wildman–Crippen LogP) is 2.36. The van der Waals surface area contributed by atoms with E-state index in [1.807, 2.05) is 22.6 Å². The lowest BCUT2D eigenvalue weighted by atomic mass is 9.89. The quantitative estimate of drug-likeness (QED) is 0.125. The van der Waals surface area contributed by atoms with E-state index < -0.39 is 23.9 Å². The molecule has 0 heterocycles. The summed E-state index contributed by atoms with van der Waals surface area (Å²) in [6.45, 7) is 5.58. The van der Waals surface area contributed by atoms with Gasteiger partial charge >= 0.3 is 6.03 Å². The molecule has 0 aliphatic heterocycles. The van der Waals surface area contributed by atoms with Gasteiger partial charge in [-0.3, -0.25) is 19.2 Å². The number of anilines is 1. The van der Waals surface area contributed by atoms with Crippen molar-refractivity contribution in [2.75, 3.05) is 16.3 Å². The van der Waals surface area contributed by atoms with Crippen LogP contribution in [0.25, 0.3) is 0 Å². The van der Waals surface area contributed by atoms with Gasteiger partial charge in [0.25, 0.3) is 5.91 Å². The number of urea groups is 1. The van der Waals surface area contributed by atoms with Gasteiger partial charge in [-0.2, -0.15) is 0 Å². The average Bonchev–Trinajstić information content (AvgIpc) is 2.83. The second-order valence-corrected chi connectivity index (χ2v) is 9.43. The van der Waals surface area contributed by atoms with Crippen molar-refractivity contribution in [1.82, 2.24) is 16.0 Å². The number of amides is 5. The standard InChI is InChI=1S/C24H36IN5O5/c1-14(2)21(30-22(33)16-7-9-18(10-8-16)29-20(32)13-25)19(31)12-17(23(34)28-15(3)4)6-5-11-27-24(26)35/h7-10,14-15,17,21H,5-6,11-13H2,1-4H3,(H,28,34)(H,29,32)(H,30,33)(H3,26,27,35)/t17-,21+/m1/s1/i3D/t15-,17+,21-/m0. The molecule has 1 aromatic carbocycles. The maximum atomic E-state index is 13.2. The van der Waals surface area contributed by atoms with E-state index in [4.69, 9.17) is 7.10 Å². The molecule has 0 aromatic heterocycles. The summed E-state index contributed by atoms with van der Waals surface area (Å²) in [6, 6.07) is 4.48. The molecular formula is C24H36IN5O5. The van der Waals surface area contributed by atoms with Crippen molar-refractivity contribution >= 4 is 57.8 Å². The lowest BCUT2D eigenvalue weighted by Crippen LogP contribution is -2.46. The predicted molar refractivity (Wildman–Crippen MR) is 143 cm³/mol. The monoisotopic (exact) mass is 602 g/mol. The number of rotatable bonds is 14. The average molecular weight is 602 g/mol. The number of carbonyl (C=O) groups is 5. The molecule has 6 N–H and O–H groups in total. The molecule has 0 fully saturated rings. The number of nitrogens with two attached hydrogens (primary N) is 1.